The first-order chi connectivity index (χ1) is 16.0. The van der Waals surface area contributed by atoms with Crippen molar-refractivity contribution in [2.24, 2.45) is 5.92 Å². The highest BCUT2D eigenvalue weighted by molar-refractivity contribution is 7.91. The Balaban J connectivity index is 0.000000403. The van der Waals surface area contributed by atoms with E-state index in [9.17, 15) is 13.2 Å². The van der Waals surface area contributed by atoms with Crippen molar-refractivity contribution in [3.63, 3.8) is 0 Å². The first-order valence-corrected chi connectivity index (χ1v) is 13.3. The topological polar surface area (TPSA) is 51.2 Å². The molecule has 0 atom stereocenters. The van der Waals surface area contributed by atoms with Crippen LogP contribution in [-0.2, 0) is 14.6 Å². The largest absolute Gasteiger partial charge is 0.276 e. The molecular formula is C28H32Cl2O3S. The molecule has 0 fully saturated rings. The van der Waals surface area contributed by atoms with Crippen molar-refractivity contribution in [1.29, 1.82) is 0 Å². The van der Waals surface area contributed by atoms with E-state index in [1.807, 2.05) is 49.4 Å². The lowest BCUT2D eigenvalue weighted by Gasteiger charge is -2.06. The van der Waals surface area contributed by atoms with Crippen molar-refractivity contribution in [2.45, 2.75) is 50.8 Å². The highest BCUT2D eigenvalue weighted by Gasteiger charge is 2.17. The van der Waals surface area contributed by atoms with Crippen molar-refractivity contribution in [1.82, 2.24) is 0 Å². The summed E-state index contributed by atoms with van der Waals surface area (Å²) in [7, 11) is -3.51. The van der Waals surface area contributed by atoms with E-state index in [-0.39, 0.29) is 15.0 Å². The maximum absolute atomic E-state index is 12.5. The highest BCUT2D eigenvalue weighted by Crippen LogP contribution is 2.25. The number of rotatable bonds is 5. The summed E-state index contributed by atoms with van der Waals surface area (Å²) in [6.07, 6.45) is 2.67. The van der Waals surface area contributed by atoms with Crippen LogP contribution in [0, 0.1) is 5.92 Å². The molecule has 3 aromatic carbocycles. The highest BCUT2D eigenvalue weighted by atomic mass is 35.5. The summed E-state index contributed by atoms with van der Waals surface area (Å²) in [5.74, 6) is 0.833. The van der Waals surface area contributed by atoms with Crippen LogP contribution >= 0.6 is 23.2 Å². The van der Waals surface area contributed by atoms with E-state index in [0.717, 1.165) is 23.5 Å². The summed E-state index contributed by atoms with van der Waals surface area (Å²) in [5.41, 5.74) is 2.67. The van der Waals surface area contributed by atoms with Crippen LogP contribution in [0.1, 0.15) is 41.0 Å². The van der Waals surface area contributed by atoms with Crippen LogP contribution in [0.15, 0.2) is 100 Å². The van der Waals surface area contributed by atoms with Crippen molar-refractivity contribution in [3.05, 3.63) is 95.5 Å². The van der Waals surface area contributed by atoms with Gasteiger partial charge >= 0.3 is 0 Å². The van der Waals surface area contributed by atoms with Gasteiger partial charge in [0.15, 0.2) is 0 Å². The molecule has 3 nitrogen and oxygen atoms in total. The smallest absolute Gasteiger partial charge is 0.247 e. The van der Waals surface area contributed by atoms with E-state index in [2.05, 4.69) is 20.8 Å². The quantitative estimate of drug-likeness (QED) is 0.250. The molecule has 0 aliphatic heterocycles. The van der Waals surface area contributed by atoms with Gasteiger partial charge in [0.05, 0.1) is 9.79 Å². The van der Waals surface area contributed by atoms with Gasteiger partial charge in [-0.05, 0) is 78.4 Å². The fraction of sp³-hybridized carbons (Fsp3) is 0.250. The van der Waals surface area contributed by atoms with E-state index in [0.29, 0.717) is 10.6 Å². The van der Waals surface area contributed by atoms with Gasteiger partial charge in [-0.15, -0.1) is 0 Å². The van der Waals surface area contributed by atoms with Crippen LogP contribution in [0.5, 0.6) is 0 Å². The minimum atomic E-state index is -3.51. The Hall–Kier alpha value is -2.40. The van der Waals surface area contributed by atoms with Gasteiger partial charge in [0.25, 0.3) is 0 Å². The number of sulfone groups is 1. The molecule has 0 aromatic heterocycles. The number of allylic oxidation sites excluding steroid dienone is 2. The molecule has 0 saturated heterocycles. The molecule has 0 saturated carbocycles. The lowest BCUT2D eigenvalue weighted by molar-refractivity contribution is -0.108. The molecule has 3 rings (SSSR count). The predicted octanol–water partition coefficient (Wildman–Crippen LogP) is 8.61. The summed E-state index contributed by atoms with van der Waals surface area (Å²) in [5, 5.41) is 0.158. The molecule has 0 aliphatic carbocycles. The SMILES string of the molecule is CC(C)C.CC/C=C(\C)C(=O)Cl.O=S(=O)(c1ccc(Cl)cc1)c1ccc(-c2ccccc2)cc1. The van der Waals surface area contributed by atoms with E-state index in [1.165, 1.54) is 12.1 Å². The van der Waals surface area contributed by atoms with Gasteiger partial charge in [-0.25, -0.2) is 8.42 Å². The number of hydrogen-bond donors (Lipinski definition) is 0. The number of benzene rings is 3. The first-order valence-electron chi connectivity index (χ1n) is 11.0. The van der Waals surface area contributed by atoms with Gasteiger partial charge in [0.2, 0.25) is 15.1 Å². The van der Waals surface area contributed by atoms with Gasteiger partial charge in [-0.3, -0.25) is 4.79 Å². The molecule has 0 radical (unpaired) electrons. The monoisotopic (exact) mass is 518 g/mol. The molecular weight excluding hydrogens is 487 g/mol. The molecule has 0 heterocycles. The third-order valence-electron chi connectivity index (χ3n) is 4.22. The lowest BCUT2D eigenvalue weighted by atomic mass is 10.1. The van der Waals surface area contributed by atoms with E-state index in [4.69, 9.17) is 23.2 Å². The maximum Gasteiger partial charge on any atom is 0.247 e. The van der Waals surface area contributed by atoms with Crippen LogP contribution in [-0.4, -0.2) is 13.7 Å². The summed E-state index contributed by atoms with van der Waals surface area (Å²) in [6.45, 7) is 10.2. The maximum atomic E-state index is 12.5. The molecule has 0 unspecified atom stereocenters. The number of halogens is 2. The Morgan fingerprint density at radius 1 is 0.824 bits per heavy atom. The van der Waals surface area contributed by atoms with Crippen LogP contribution in [0.25, 0.3) is 11.1 Å². The zero-order valence-corrected chi connectivity index (χ0v) is 22.6. The third-order valence-corrected chi connectivity index (χ3v) is 6.55. The predicted molar refractivity (Wildman–Crippen MR) is 144 cm³/mol. The fourth-order valence-electron chi connectivity index (χ4n) is 2.59. The zero-order chi connectivity index (χ0) is 25.7. The van der Waals surface area contributed by atoms with Gasteiger partial charge in [0, 0.05) is 10.6 Å². The van der Waals surface area contributed by atoms with Gasteiger partial charge < -0.3 is 0 Å². The number of carbonyl (C=O) groups excluding carboxylic acids is 1. The third kappa shape index (κ3) is 10.3. The van der Waals surface area contributed by atoms with Crippen LogP contribution < -0.4 is 0 Å². The second-order valence-corrected chi connectivity index (χ2v) is 10.9. The summed E-state index contributed by atoms with van der Waals surface area (Å²) in [6, 6.07) is 22.9. The Morgan fingerprint density at radius 2 is 1.24 bits per heavy atom. The molecule has 0 amide bonds. The van der Waals surface area contributed by atoms with Crippen LogP contribution in [0.2, 0.25) is 5.02 Å². The Bertz CT molecular complexity index is 1150. The van der Waals surface area contributed by atoms with E-state index in [1.54, 1.807) is 37.3 Å². The van der Waals surface area contributed by atoms with Gasteiger partial charge in [-0.1, -0.05) is 87.8 Å². The van der Waals surface area contributed by atoms with Crippen molar-refractivity contribution < 1.29 is 13.2 Å². The van der Waals surface area contributed by atoms with E-state index >= 15 is 0 Å². The Labute approximate surface area is 214 Å². The Kier molecular flexibility index (Phi) is 12.9. The number of carbonyl (C=O) groups is 1. The minimum absolute atomic E-state index is 0.240. The van der Waals surface area contributed by atoms with Crippen LogP contribution in [0.3, 0.4) is 0 Å². The van der Waals surface area contributed by atoms with Crippen LogP contribution in [0.4, 0.5) is 0 Å². The molecule has 3 aromatic rings. The lowest BCUT2D eigenvalue weighted by Crippen LogP contribution is -2.01. The summed E-state index contributed by atoms with van der Waals surface area (Å²) < 4.78 is 25.1. The zero-order valence-electron chi connectivity index (χ0n) is 20.3. The average Bonchev–Trinajstić information content (AvgIpc) is 2.80. The second-order valence-electron chi connectivity index (χ2n) is 8.15. The van der Waals surface area contributed by atoms with E-state index < -0.39 is 9.84 Å². The first kappa shape index (κ1) is 29.6. The van der Waals surface area contributed by atoms with Crippen molar-refractivity contribution in [2.75, 3.05) is 0 Å². The summed E-state index contributed by atoms with van der Waals surface area (Å²) in [4.78, 5) is 10.7. The molecule has 34 heavy (non-hydrogen) atoms. The normalized spacial score (nSPS) is 11.1. The Morgan fingerprint density at radius 3 is 1.62 bits per heavy atom. The second kappa shape index (κ2) is 14.8. The molecule has 182 valence electrons. The average molecular weight is 520 g/mol. The van der Waals surface area contributed by atoms with Gasteiger partial charge in [0.1, 0.15) is 0 Å². The van der Waals surface area contributed by atoms with Crippen molar-refractivity contribution in [3.8, 4) is 11.1 Å². The standard InChI is InChI=1S/C18H13ClO2S.C6H9ClO.C4H10/c19-16-8-12-18(13-9-16)22(20,21)17-10-6-15(7-11-17)14-4-2-1-3-5-14;1-3-4-5(2)6(7)8;1-4(2)3/h1-13H;4H,3H2,1-2H3;4H,1-3H3/b;5-4+;. The van der Waals surface area contributed by atoms with Gasteiger partial charge in [-0.2, -0.15) is 0 Å². The molecule has 0 N–H and O–H groups in total. The van der Waals surface area contributed by atoms with Crippen molar-refractivity contribution >= 4 is 38.3 Å². The molecule has 0 aliphatic rings. The minimum Gasteiger partial charge on any atom is -0.276 e. The molecule has 6 heteroatoms. The fourth-order valence-corrected chi connectivity index (χ4v) is 4.06. The molecule has 0 bridgehead atoms. The summed E-state index contributed by atoms with van der Waals surface area (Å²) >= 11 is 10.9. The number of hydrogen-bond acceptors (Lipinski definition) is 3. The molecule has 0 spiro atoms.